The van der Waals surface area contributed by atoms with Crippen LogP contribution in [0.15, 0.2) is 0 Å². The summed E-state index contributed by atoms with van der Waals surface area (Å²) in [6.45, 7) is 4.65. The van der Waals surface area contributed by atoms with E-state index in [1.807, 2.05) is 22.6 Å². The van der Waals surface area contributed by atoms with Gasteiger partial charge in [0, 0.05) is 32.1 Å². The zero-order valence-electron chi connectivity index (χ0n) is 13.6. The molecule has 1 heterocycles. The second kappa shape index (κ2) is 9.16. The second-order valence-electron chi connectivity index (χ2n) is 5.03. The van der Waals surface area contributed by atoms with Gasteiger partial charge in [-0.25, -0.2) is 0 Å². The Morgan fingerprint density at radius 3 is 1.58 bits per heavy atom. The highest BCUT2D eigenvalue weighted by atomic mass is 127. The van der Waals surface area contributed by atoms with Crippen molar-refractivity contribution in [3.63, 3.8) is 0 Å². The molecule has 0 spiro atoms. The Bertz CT molecular complexity index is 506. The predicted octanol–water partition coefficient (Wildman–Crippen LogP) is 0.504. The summed E-state index contributed by atoms with van der Waals surface area (Å²) in [6, 6.07) is 0. The van der Waals surface area contributed by atoms with Gasteiger partial charge in [0.2, 0.25) is 12.4 Å². The monoisotopic (exact) mass is 458 g/mol. The number of ether oxygens (including phenoxy) is 5. The third-order valence-corrected chi connectivity index (χ3v) is 3.80. The Labute approximate surface area is 152 Å². The zero-order chi connectivity index (χ0) is 18.4. The van der Waals surface area contributed by atoms with Crippen LogP contribution in [-0.4, -0.2) is 59.0 Å². The van der Waals surface area contributed by atoms with Crippen LogP contribution in [0.25, 0.3) is 0 Å². The van der Waals surface area contributed by atoms with Gasteiger partial charge in [-0.1, -0.05) is 22.6 Å². The van der Waals surface area contributed by atoms with Crippen LogP contribution in [0.4, 0.5) is 0 Å². The number of esters is 4. The molecule has 0 radical (unpaired) electrons. The third-order valence-electron chi connectivity index (χ3n) is 2.93. The number of halogens is 1. The van der Waals surface area contributed by atoms with Crippen LogP contribution in [-0.2, 0) is 42.9 Å². The molecule has 0 aromatic heterocycles. The van der Waals surface area contributed by atoms with Gasteiger partial charge in [0.05, 0.1) is 0 Å². The number of hydrogen-bond donors (Lipinski definition) is 0. The van der Waals surface area contributed by atoms with E-state index in [-0.39, 0.29) is 0 Å². The van der Waals surface area contributed by atoms with Gasteiger partial charge in [0.15, 0.2) is 12.2 Å². The van der Waals surface area contributed by atoms with Gasteiger partial charge >= 0.3 is 23.9 Å². The first kappa shape index (κ1) is 20.6. The van der Waals surface area contributed by atoms with Gasteiger partial charge in [-0.05, 0) is 0 Å². The Morgan fingerprint density at radius 2 is 1.17 bits per heavy atom. The molecule has 10 heteroatoms. The summed E-state index contributed by atoms with van der Waals surface area (Å²) < 4.78 is 26.5. The van der Waals surface area contributed by atoms with E-state index in [0.29, 0.717) is 4.43 Å². The van der Waals surface area contributed by atoms with Crippen molar-refractivity contribution in [2.45, 2.75) is 58.4 Å². The van der Waals surface area contributed by atoms with Crippen molar-refractivity contribution in [1.82, 2.24) is 0 Å². The van der Waals surface area contributed by atoms with E-state index in [9.17, 15) is 19.2 Å². The Balaban J connectivity index is 3.23. The van der Waals surface area contributed by atoms with E-state index in [1.165, 1.54) is 6.92 Å². The van der Waals surface area contributed by atoms with Crippen LogP contribution >= 0.6 is 22.6 Å². The molecule has 24 heavy (non-hydrogen) atoms. The van der Waals surface area contributed by atoms with E-state index >= 15 is 0 Å². The van der Waals surface area contributed by atoms with Gasteiger partial charge in [0.25, 0.3) is 0 Å². The summed E-state index contributed by atoms with van der Waals surface area (Å²) in [4.78, 5) is 45.5. The van der Waals surface area contributed by atoms with Crippen LogP contribution in [0.3, 0.4) is 0 Å². The van der Waals surface area contributed by atoms with Gasteiger partial charge in [-0.3, -0.25) is 19.2 Å². The van der Waals surface area contributed by atoms with Crippen molar-refractivity contribution in [3.8, 4) is 0 Å². The molecule has 1 aliphatic heterocycles. The van der Waals surface area contributed by atoms with Crippen LogP contribution < -0.4 is 0 Å². The molecule has 0 saturated carbocycles. The summed E-state index contributed by atoms with van der Waals surface area (Å²) >= 11 is 1.98. The first-order valence-electron chi connectivity index (χ1n) is 7.06. The SMILES string of the molecule is CC(=O)OC1O[C@H](CI)[C@@H](OC(C)=O)[C@H](OC(C)=O)[C@H]1OC(C)=O. The number of carbonyl (C=O) groups excluding carboxylic acids is 4. The molecule has 1 saturated heterocycles. The summed E-state index contributed by atoms with van der Waals surface area (Å²) in [5, 5.41) is 0. The minimum atomic E-state index is -1.29. The molecule has 0 bridgehead atoms. The van der Waals surface area contributed by atoms with Gasteiger partial charge in [-0.2, -0.15) is 0 Å². The number of hydrogen-bond acceptors (Lipinski definition) is 9. The van der Waals surface area contributed by atoms with Gasteiger partial charge in [0.1, 0.15) is 6.10 Å². The van der Waals surface area contributed by atoms with E-state index in [2.05, 4.69) is 0 Å². The molecule has 1 fully saturated rings. The zero-order valence-corrected chi connectivity index (χ0v) is 15.8. The molecule has 5 atom stereocenters. The maximum Gasteiger partial charge on any atom is 0.305 e. The number of rotatable bonds is 5. The molecule has 1 unspecified atom stereocenters. The highest BCUT2D eigenvalue weighted by Crippen LogP contribution is 2.30. The Hall–Kier alpha value is -1.43. The molecule has 9 nitrogen and oxygen atoms in total. The van der Waals surface area contributed by atoms with Crippen molar-refractivity contribution in [2.75, 3.05) is 4.43 Å². The molecule has 1 rings (SSSR count). The maximum atomic E-state index is 11.4. The summed E-state index contributed by atoms with van der Waals surface area (Å²) in [5.41, 5.74) is 0. The second-order valence-corrected chi connectivity index (χ2v) is 5.91. The number of carbonyl (C=O) groups is 4. The van der Waals surface area contributed by atoms with E-state index in [4.69, 9.17) is 23.7 Å². The average Bonchev–Trinajstić information content (AvgIpc) is 2.42. The van der Waals surface area contributed by atoms with Crippen LogP contribution in [0.5, 0.6) is 0 Å². The highest BCUT2D eigenvalue weighted by Gasteiger charge is 2.52. The highest BCUT2D eigenvalue weighted by molar-refractivity contribution is 14.1. The lowest BCUT2D eigenvalue weighted by Gasteiger charge is -2.43. The maximum absolute atomic E-state index is 11.4. The third kappa shape index (κ3) is 5.89. The number of alkyl halides is 1. The minimum absolute atomic E-state index is 0.345. The standard InChI is InChI=1S/C14H19IO9/c1-6(16)20-11-10(5-15)24-14(23-9(4)19)13(22-8(3)18)12(11)21-7(2)17/h10-14H,5H2,1-4H3/t10-,11-,12+,13-,14?/m1/s1. The molecule has 0 N–H and O–H groups in total. The lowest BCUT2D eigenvalue weighted by atomic mass is 9.99. The minimum Gasteiger partial charge on any atom is -0.456 e. The van der Waals surface area contributed by atoms with Crippen molar-refractivity contribution in [3.05, 3.63) is 0 Å². The summed E-state index contributed by atoms with van der Waals surface area (Å²) in [7, 11) is 0. The molecule has 0 amide bonds. The summed E-state index contributed by atoms with van der Waals surface area (Å²) in [5.74, 6) is -2.67. The van der Waals surface area contributed by atoms with Crippen molar-refractivity contribution >= 4 is 46.5 Å². The molecular formula is C14H19IO9. The molecule has 0 aromatic rings. The molecule has 0 aliphatic carbocycles. The fourth-order valence-corrected chi connectivity index (χ4v) is 2.95. The van der Waals surface area contributed by atoms with Gasteiger partial charge in [-0.15, -0.1) is 0 Å². The van der Waals surface area contributed by atoms with Crippen molar-refractivity contribution in [2.24, 2.45) is 0 Å². The molecule has 1 aliphatic rings. The summed E-state index contributed by atoms with van der Waals surface area (Å²) in [6.07, 6.45) is -5.47. The fraction of sp³-hybridized carbons (Fsp3) is 0.714. The average molecular weight is 458 g/mol. The van der Waals surface area contributed by atoms with Gasteiger partial charge < -0.3 is 23.7 Å². The normalized spacial score (nSPS) is 29.3. The first-order chi connectivity index (χ1) is 11.1. The molecular weight excluding hydrogens is 439 g/mol. The molecule has 136 valence electrons. The van der Waals surface area contributed by atoms with Crippen LogP contribution in [0.1, 0.15) is 27.7 Å². The van der Waals surface area contributed by atoms with Crippen LogP contribution in [0, 0.1) is 0 Å². The topological polar surface area (TPSA) is 114 Å². The predicted molar refractivity (Wildman–Crippen MR) is 86.0 cm³/mol. The van der Waals surface area contributed by atoms with E-state index in [0.717, 1.165) is 20.8 Å². The quantitative estimate of drug-likeness (QED) is 0.252. The first-order valence-corrected chi connectivity index (χ1v) is 8.58. The lowest BCUT2D eigenvalue weighted by Crippen LogP contribution is -2.62. The fourth-order valence-electron chi connectivity index (χ4n) is 2.24. The van der Waals surface area contributed by atoms with Crippen molar-refractivity contribution in [1.29, 1.82) is 0 Å². The molecule has 0 aromatic carbocycles. The Kier molecular flexibility index (Phi) is 7.87. The lowest BCUT2D eigenvalue weighted by molar-refractivity contribution is -0.291. The van der Waals surface area contributed by atoms with Crippen LogP contribution in [0.2, 0.25) is 0 Å². The van der Waals surface area contributed by atoms with E-state index < -0.39 is 54.6 Å². The van der Waals surface area contributed by atoms with E-state index in [1.54, 1.807) is 0 Å². The smallest absolute Gasteiger partial charge is 0.305 e. The Morgan fingerprint density at radius 1 is 0.750 bits per heavy atom. The van der Waals surface area contributed by atoms with Crippen molar-refractivity contribution < 1.29 is 42.9 Å². The largest absolute Gasteiger partial charge is 0.456 e.